The van der Waals surface area contributed by atoms with Gasteiger partial charge >= 0.3 is 0 Å². The molecular formula is C19H23ClFN3O4. The van der Waals surface area contributed by atoms with Crippen molar-refractivity contribution in [3.05, 3.63) is 46.1 Å². The number of hydrogen-bond acceptors (Lipinski definition) is 7. The van der Waals surface area contributed by atoms with Gasteiger partial charge in [0.05, 0.1) is 5.02 Å². The van der Waals surface area contributed by atoms with Gasteiger partial charge in [0.25, 0.3) is 0 Å². The van der Waals surface area contributed by atoms with Crippen molar-refractivity contribution in [2.24, 2.45) is 0 Å². The molecule has 0 spiro atoms. The van der Waals surface area contributed by atoms with Crippen molar-refractivity contribution in [3.63, 3.8) is 0 Å². The molecule has 3 saturated carbocycles. The maximum atomic E-state index is 13.4. The summed E-state index contributed by atoms with van der Waals surface area (Å²) in [5.74, 6) is 0.431. The SMILES string of the molecule is Cc1onc(C(O)NC23CC(NC(O)COc4ccc(Cl)c(F)c4)(C2)C3)c1C. The summed E-state index contributed by atoms with van der Waals surface area (Å²) >= 11 is 5.63. The van der Waals surface area contributed by atoms with Gasteiger partial charge in [-0.2, -0.15) is 0 Å². The van der Waals surface area contributed by atoms with Gasteiger partial charge in [0.2, 0.25) is 0 Å². The number of nitrogens with zero attached hydrogens (tertiary/aromatic N) is 1. The number of aliphatic hydroxyl groups excluding tert-OH is 2. The fraction of sp³-hybridized carbons (Fsp3) is 0.526. The largest absolute Gasteiger partial charge is 0.489 e. The van der Waals surface area contributed by atoms with Gasteiger partial charge in [0.15, 0.2) is 6.23 Å². The van der Waals surface area contributed by atoms with Crippen molar-refractivity contribution in [2.75, 3.05) is 6.61 Å². The van der Waals surface area contributed by atoms with E-state index in [4.69, 9.17) is 20.9 Å². The molecular weight excluding hydrogens is 389 g/mol. The zero-order chi connectivity index (χ0) is 20.1. The highest BCUT2D eigenvalue weighted by molar-refractivity contribution is 6.30. The Morgan fingerprint density at radius 3 is 2.54 bits per heavy atom. The van der Waals surface area contributed by atoms with Gasteiger partial charge in [-0.1, -0.05) is 16.8 Å². The normalized spacial score (nSPS) is 27.6. The number of aliphatic hydroxyl groups is 2. The van der Waals surface area contributed by atoms with Crippen molar-refractivity contribution in [3.8, 4) is 5.75 Å². The first-order chi connectivity index (χ1) is 13.2. The molecule has 7 nitrogen and oxygen atoms in total. The lowest BCUT2D eigenvalue weighted by Gasteiger charge is -2.71. The van der Waals surface area contributed by atoms with Crippen LogP contribution in [0.1, 0.15) is 42.5 Å². The van der Waals surface area contributed by atoms with E-state index in [-0.39, 0.29) is 22.7 Å². The molecule has 2 aromatic rings. The minimum Gasteiger partial charge on any atom is -0.489 e. The molecule has 1 aromatic heterocycles. The average Bonchev–Trinajstić information content (AvgIpc) is 2.92. The van der Waals surface area contributed by atoms with E-state index in [1.165, 1.54) is 12.1 Å². The molecule has 152 valence electrons. The van der Waals surface area contributed by atoms with Crippen LogP contribution in [0.15, 0.2) is 22.7 Å². The topological polar surface area (TPSA) is 99.8 Å². The van der Waals surface area contributed by atoms with Crippen LogP contribution in [0.3, 0.4) is 0 Å². The first kappa shape index (κ1) is 19.6. The maximum absolute atomic E-state index is 13.4. The second-order valence-corrected chi connectivity index (χ2v) is 8.34. The average molecular weight is 412 g/mol. The summed E-state index contributed by atoms with van der Waals surface area (Å²) in [5, 5.41) is 30.9. The predicted molar refractivity (Wildman–Crippen MR) is 99.4 cm³/mol. The van der Waals surface area contributed by atoms with E-state index in [9.17, 15) is 14.6 Å². The number of hydrogen-bond donors (Lipinski definition) is 4. The van der Waals surface area contributed by atoms with Crippen LogP contribution in [0.5, 0.6) is 5.75 Å². The van der Waals surface area contributed by atoms with Gasteiger partial charge in [0.1, 0.15) is 35.9 Å². The molecule has 3 aliphatic carbocycles. The lowest BCUT2D eigenvalue weighted by Crippen LogP contribution is -2.84. The van der Waals surface area contributed by atoms with E-state index >= 15 is 0 Å². The smallest absolute Gasteiger partial charge is 0.152 e. The van der Waals surface area contributed by atoms with Gasteiger partial charge in [-0.15, -0.1) is 0 Å². The van der Waals surface area contributed by atoms with Crippen LogP contribution < -0.4 is 15.4 Å². The third-order valence-electron chi connectivity index (χ3n) is 5.70. The Labute approximate surface area is 166 Å². The van der Waals surface area contributed by atoms with Crippen molar-refractivity contribution in [2.45, 2.75) is 56.6 Å². The minimum atomic E-state index is -0.887. The highest BCUT2D eigenvalue weighted by atomic mass is 35.5. The molecule has 1 heterocycles. The Hall–Kier alpha value is -1.71. The Bertz CT molecular complexity index is 870. The summed E-state index contributed by atoms with van der Waals surface area (Å²) < 4.78 is 23.9. The molecule has 2 atom stereocenters. The number of benzene rings is 1. The number of nitrogens with one attached hydrogen (secondary N) is 2. The van der Waals surface area contributed by atoms with E-state index in [1.54, 1.807) is 13.0 Å². The van der Waals surface area contributed by atoms with E-state index in [0.717, 1.165) is 24.8 Å². The van der Waals surface area contributed by atoms with Crippen LogP contribution in [0.25, 0.3) is 0 Å². The standard InChI is InChI=1S/C19H23ClFN3O4/c1-10-11(2)28-24-16(10)17(26)23-19-7-18(8-19,9-19)22-15(25)6-27-12-3-4-13(20)14(21)5-12/h3-5,15,17,22-23,25-26H,6-9H2,1-2H3. The quantitative estimate of drug-likeness (QED) is 0.495. The number of ether oxygens (including phenoxy) is 1. The van der Waals surface area contributed by atoms with Gasteiger partial charge in [0, 0.05) is 22.7 Å². The van der Waals surface area contributed by atoms with Gasteiger partial charge in [-0.3, -0.25) is 10.6 Å². The van der Waals surface area contributed by atoms with E-state index in [2.05, 4.69) is 15.8 Å². The number of aryl methyl sites for hydroxylation is 1. The lowest BCUT2D eigenvalue weighted by molar-refractivity contribution is -0.152. The molecule has 4 N–H and O–H groups in total. The summed E-state index contributed by atoms with van der Waals surface area (Å²) in [5.41, 5.74) is 1.01. The van der Waals surface area contributed by atoms with E-state index in [1.807, 2.05) is 6.92 Å². The monoisotopic (exact) mass is 411 g/mol. The molecule has 2 bridgehead atoms. The summed E-state index contributed by atoms with van der Waals surface area (Å²) in [6.07, 6.45) is 0.560. The number of halogens is 2. The zero-order valence-electron chi connectivity index (χ0n) is 15.6. The molecule has 2 unspecified atom stereocenters. The Morgan fingerprint density at radius 1 is 1.25 bits per heavy atom. The van der Waals surface area contributed by atoms with Crippen LogP contribution in [-0.4, -0.2) is 39.3 Å². The first-order valence-corrected chi connectivity index (χ1v) is 9.51. The van der Waals surface area contributed by atoms with Crippen LogP contribution in [-0.2, 0) is 0 Å². The first-order valence-electron chi connectivity index (χ1n) is 9.13. The molecule has 3 fully saturated rings. The predicted octanol–water partition coefficient (Wildman–Crippen LogP) is 2.33. The van der Waals surface area contributed by atoms with Crippen LogP contribution in [0.2, 0.25) is 5.02 Å². The number of rotatable bonds is 8. The lowest BCUT2D eigenvalue weighted by atomic mass is 9.44. The molecule has 5 rings (SSSR count). The maximum Gasteiger partial charge on any atom is 0.152 e. The third kappa shape index (κ3) is 3.51. The van der Waals surface area contributed by atoms with E-state index in [0.29, 0.717) is 17.2 Å². The summed E-state index contributed by atoms with van der Waals surface area (Å²) in [7, 11) is 0. The van der Waals surface area contributed by atoms with Crippen LogP contribution >= 0.6 is 11.6 Å². The minimum absolute atomic E-state index is 0.0106. The van der Waals surface area contributed by atoms with Crippen molar-refractivity contribution in [1.29, 1.82) is 0 Å². The molecule has 9 heteroatoms. The molecule has 0 saturated heterocycles. The van der Waals surface area contributed by atoms with Crippen LogP contribution in [0, 0.1) is 19.7 Å². The van der Waals surface area contributed by atoms with E-state index < -0.39 is 18.3 Å². The number of aromatic nitrogens is 1. The highest BCUT2D eigenvalue weighted by Crippen LogP contribution is 2.61. The summed E-state index contributed by atoms with van der Waals surface area (Å²) in [4.78, 5) is 0. The molecule has 1 aromatic carbocycles. The summed E-state index contributed by atoms with van der Waals surface area (Å²) in [6.45, 7) is 3.66. The third-order valence-corrected chi connectivity index (χ3v) is 6.00. The highest BCUT2D eigenvalue weighted by Gasteiger charge is 2.68. The summed E-state index contributed by atoms with van der Waals surface area (Å²) in [6, 6.07) is 4.14. The van der Waals surface area contributed by atoms with Crippen molar-refractivity contribution >= 4 is 11.6 Å². The molecule has 0 aliphatic heterocycles. The van der Waals surface area contributed by atoms with Crippen LogP contribution in [0.4, 0.5) is 4.39 Å². The second kappa shape index (κ2) is 6.96. The molecule has 0 amide bonds. The van der Waals surface area contributed by atoms with Gasteiger partial charge < -0.3 is 19.5 Å². The van der Waals surface area contributed by atoms with Crippen molar-refractivity contribution in [1.82, 2.24) is 15.8 Å². The zero-order valence-corrected chi connectivity index (χ0v) is 16.4. The Morgan fingerprint density at radius 2 is 1.93 bits per heavy atom. The fourth-order valence-corrected chi connectivity index (χ4v) is 4.40. The Balaban J connectivity index is 1.24. The van der Waals surface area contributed by atoms with Gasteiger partial charge in [-0.05, 0) is 45.2 Å². The second-order valence-electron chi connectivity index (χ2n) is 7.93. The fourth-order valence-electron chi connectivity index (χ4n) is 4.28. The Kier molecular flexibility index (Phi) is 4.87. The molecule has 28 heavy (non-hydrogen) atoms. The molecule has 0 radical (unpaired) electrons. The van der Waals surface area contributed by atoms with Crippen molar-refractivity contribution < 1.29 is 23.9 Å². The van der Waals surface area contributed by atoms with Gasteiger partial charge in [-0.25, -0.2) is 4.39 Å². The molecule has 3 aliphatic rings.